The Hall–Kier alpha value is -1.75. The first-order valence-corrected chi connectivity index (χ1v) is 5.89. The summed E-state index contributed by atoms with van der Waals surface area (Å²) in [5, 5.41) is 0. The van der Waals surface area contributed by atoms with Crippen LogP contribution in [0.15, 0.2) is 42.5 Å². The number of alkyl halides is 4. The lowest BCUT2D eigenvalue weighted by Gasteiger charge is -2.09. The number of rotatable bonds is 3. The zero-order valence-corrected chi connectivity index (χ0v) is 10.4. The normalized spacial score (nSPS) is 11.4. The first kappa shape index (κ1) is 13.7. The van der Waals surface area contributed by atoms with E-state index in [0.717, 1.165) is 12.1 Å². The van der Waals surface area contributed by atoms with Gasteiger partial charge in [0.15, 0.2) is 0 Å². The SMILES string of the molecule is FC(F)(F)c1cccc(Oc2cccc(CCl)n2)c1. The molecule has 0 aliphatic rings. The van der Waals surface area contributed by atoms with Gasteiger partial charge in [0.05, 0.1) is 17.1 Å². The van der Waals surface area contributed by atoms with Crippen LogP contribution in [0.3, 0.4) is 0 Å². The molecule has 1 aromatic carbocycles. The van der Waals surface area contributed by atoms with Gasteiger partial charge in [-0.2, -0.15) is 13.2 Å². The van der Waals surface area contributed by atoms with Crippen LogP contribution in [0, 0.1) is 0 Å². The molecule has 100 valence electrons. The molecule has 2 rings (SSSR count). The second-order valence-corrected chi connectivity index (χ2v) is 4.00. The van der Waals surface area contributed by atoms with E-state index >= 15 is 0 Å². The van der Waals surface area contributed by atoms with Gasteiger partial charge in [-0.05, 0) is 24.3 Å². The molecule has 0 saturated carbocycles. The predicted molar refractivity (Wildman–Crippen MR) is 65.3 cm³/mol. The summed E-state index contributed by atoms with van der Waals surface area (Å²) in [6, 6.07) is 9.55. The largest absolute Gasteiger partial charge is 0.439 e. The molecule has 0 atom stereocenters. The van der Waals surface area contributed by atoms with Gasteiger partial charge in [0, 0.05) is 6.07 Å². The van der Waals surface area contributed by atoms with Crippen LogP contribution in [-0.2, 0) is 12.1 Å². The van der Waals surface area contributed by atoms with Crippen molar-refractivity contribution in [2.24, 2.45) is 0 Å². The summed E-state index contributed by atoms with van der Waals surface area (Å²) in [4.78, 5) is 4.04. The first-order valence-electron chi connectivity index (χ1n) is 5.36. The average molecular weight is 288 g/mol. The molecule has 0 bridgehead atoms. The lowest BCUT2D eigenvalue weighted by Crippen LogP contribution is -2.04. The third-order valence-electron chi connectivity index (χ3n) is 2.30. The van der Waals surface area contributed by atoms with Crippen LogP contribution in [0.5, 0.6) is 11.6 Å². The van der Waals surface area contributed by atoms with Gasteiger partial charge >= 0.3 is 6.18 Å². The van der Waals surface area contributed by atoms with Crippen LogP contribution < -0.4 is 4.74 Å². The lowest BCUT2D eigenvalue weighted by molar-refractivity contribution is -0.137. The highest BCUT2D eigenvalue weighted by atomic mass is 35.5. The molecule has 0 fully saturated rings. The predicted octanol–water partition coefficient (Wildman–Crippen LogP) is 4.63. The first-order chi connectivity index (χ1) is 8.99. The van der Waals surface area contributed by atoms with Crippen molar-refractivity contribution in [2.45, 2.75) is 12.1 Å². The van der Waals surface area contributed by atoms with Gasteiger partial charge in [0.25, 0.3) is 0 Å². The van der Waals surface area contributed by atoms with Crippen LogP contribution in [0.1, 0.15) is 11.3 Å². The maximum absolute atomic E-state index is 12.5. The molecule has 1 heterocycles. The van der Waals surface area contributed by atoms with Gasteiger partial charge in [-0.15, -0.1) is 11.6 Å². The Morgan fingerprint density at radius 2 is 1.84 bits per heavy atom. The minimum atomic E-state index is -4.40. The highest BCUT2D eigenvalue weighted by Gasteiger charge is 2.30. The second kappa shape index (κ2) is 5.48. The number of pyridine rings is 1. The molecule has 19 heavy (non-hydrogen) atoms. The van der Waals surface area contributed by atoms with E-state index in [-0.39, 0.29) is 17.5 Å². The van der Waals surface area contributed by atoms with Gasteiger partial charge in [-0.3, -0.25) is 0 Å². The molecule has 0 radical (unpaired) electrons. The van der Waals surface area contributed by atoms with Crippen molar-refractivity contribution in [3.8, 4) is 11.6 Å². The molecule has 0 unspecified atom stereocenters. The number of aromatic nitrogens is 1. The molecule has 2 aromatic rings. The van der Waals surface area contributed by atoms with Gasteiger partial charge in [-0.1, -0.05) is 12.1 Å². The summed E-state index contributed by atoms with van der Waals surface area (Å²) in [6.07, 6.45) is -4.40. The molecule has 0 saturated heterocycles. The van der Waals surface area contributed by atoms with E-state index < -0.39 is 11.7 Å². The highest BCUT2D eigenvalue weighted by Crippen LogP contribution is 2.32. The van der Waals surface area contributed by atoms with Crippen molar-refractivity contribution < 1.29 is 17.9 Å². The van der Waals surface area contributed by atoms with Crippen LogP contribution in [0.25, 0.3) is 0 Å². The monoisotopic (exact) mass is 287 g/mol. The van der Waals surface area contributed by atoms with Crippen molar-refractivity contribution in [1.82, 2.24) is 4.98 Å². The number of halogens is 4. The molecule has 6 heteroatoms. The summed E-state index contributed by atoms with van der Waals surface area (Å²) in [7, 11) is 0. The van der Waals surface area contributed by atoms with Crippen LogP contribution >= 0.6 is 11.6 Å². The average Bonchev–Trinajstić information content (AvgIpc) is 2.38. The molecule has 0 aliphatic carbocycles. The van der Waals surface area contributed by atoms with Gasteiger partial charge in [0.1, 0.15) is 5.75 Å². The van der Waals surface area contributed by atoms with Crippen molar-refractivity contribution in [1.29, 1.82) is 0 Å². The van der Waals surface area contributed by atoms with E-state index in [4.69, 9.17) is 16.3 Å². The maximum atomic E-state index is 12.5. The Morgan fingerprint density at radius 3 is 2.53 bits per heavy atom. The van der Waals surface area contributed by atoms with Crippen molar-refractivity contribution in [2.75, 3.05) is 0 Å². The molecule has 0 amide bonds. The van der Waals surface area contributed by atoms with Crippen molar-refractivity contribution >= 4 is 11.6 Å². The van der Waals surface area contributed by atoms with E-state index in [0.29, 0.717) is 5.69 Å². The highest BCUT2D eigenvalue weighted by molar-refractivity contribution is 6.16. The number of nitrogens with zero attached hydrogens (tertiary/aromatic N) is 1. The molecule has 0 N–H and O–H groups in total. The molecular formula is C13H9ClF3NO. The molecule has 0 aliphatic heterocycles. The molecule has 0 spiro atoms. The number of benzene rings is 1. The third kappa shape index (κ3) is 3.61. The minimum Gasteiger partial charge on any atom is -0.439 e. The summed E-state index contributed by atoms with van der Waals surface area (Å²) >= 11 is 5.62. The number of hydrogen-bond acceptors (Lipinski definition) is 2. The fourth-order valence-electron chi connectivity index (χ4n) is 1.45. The quantitative estimate of drug-likeness (QED) is 0.768. The Balaban J connectivity index is 2.23. The van der Waals surface area contributed by atoms with E-state index in [2.05, 4.69) is 4.98 Å². The van der Waals surface area contributed by atoms with Crippen molar-refractivity contribution in [3.63, 3.8) is 0 Å². The molecule has 2 nitrogen and oxygen atoms in total. The zero-order chi connectivity index (χ0) is 13.9. The maximum Gasteiger partial charge on any atom is 0.416 e. The summed E-state index contributed by atoms with van der Waals surface area (Å²) in [6.45, 7) is 0. The Bertz CT molecular complexity index is 572. The van der Waals surface area contributed by atoms with Gasteiger partial charge in [-0.25, -0.2) is 4.98 Å². The lowest BCUT2D eigenvalue weighted by atomic mass is 10.2. The summed E-state index contributed by atoms with van der Waals surface area (Å²) in [5.41, 5.74) is -0.176. The standard InChI is InChI=1S/C13H9ClF3NO/c14-8-10-4-2-6-12(18-10)19-11-5-1-3-9(7-11)13(15,16)17/h1-7H,8H2. The van der Waals surface area contributed by atoms with Crippen LogP contribution in [0.4, 0.5) is 13.2 Å². The number of ether oxygens (including phenoxy) is 1. The zero-order valence-electron chi connectivity index (χ0n) is 9.62. The molecular weight excluding hydrogens is 279 g/mol. The third-order valence-corrected chi connectivity index (χ3v) is 2.58. The van der Waals surface area contributed by atoms with Crippen LogP contribution in [0.2, 0.25) is 0 Å². The smallest absolute Gasteiger partial charge is 0.416 e. The number of hydrogen-bond donors (Lipinski definition) is 0. The topological polar surface area (TPSA) is 22.1 Å². The van der Waals surface area contributed by atoms with Gasteiger partial charge in [0.2, 0.25) is 5.88 Å². The van der Waals surface area contributed by atoms with Crippen LogP contribution in [-0.4, -0.2) is 4.98 Å². The molecule has 1 aromatic heterocycles. The Morgan fingerprint density at radius 1 is 1.11 bits per heavy atom. The Labute approximate surface area is 112 Å². The van der Waals surface area contributed by atoms with Gasteiger partial charge < -0.3 is 4.74 Å². The van der Waals surface area contributed by atoms with Crippen molar-refractivity contribution in [3.05, 3.63) is 53.7 Å². The van der Waals surface area contributed by atoms with E-state index in [1.165, 1.54) is 12.1 Å². The second-order valence-electron chi connectivity index (χ2n) is 3.73. The summed E-state index contributed by atoms with van der Waals surface area (Å²) in [5.74, 6) is 0.492. The summed E-state index contributed by atoms with van der Waals surface area (Å²) < 4.78 is 42.9. The fraction of sp³-hybridized carbons (Fsp3) is 0.154. The fourth-order valence-corrected chi connectivity index (χ4v) is 1.59. The Kier molecular flexibility index (Phi) is 3.95. The van der Waals surface area contributed by atoms with E-state index in [1.807, 2.05) is 0 Å². The minimum absolute atomic E-state index is 0.0778. The van der Waals surface area contributed by atoms with E-state index in [9.17, 15) is 13.2 Å². The van der Waals surface area contributed by atoms with E-state index in [1.54, 1.807) is 18.2 Å².